The van der Waals surface area contributed by atoms with Crippen LogP contribution in [-0.4, -0.2) is 43.8 Å². The molecule has 0 aliphatic rings. The van der Waals surface area contributed by atoms with Gasteiger partial charge in [0.2, 0.25) is 0 Å². The highest BCUT2D eigenvalue weighted by Crippen LogP contribution is 2.04. The Kier molecular flexibility index (Phi) is 7.23. The fraction of sp³-hybridized carbons (Fsp3) is 1.00. The SMILES string of the molecule is CCC(C)N(CC)CC(CN)OC. The molecule has 0 aliphatic heterocycles. The van der Waals surface area contributed by atoms with Crippen molar-refractivity contribution in [2.75, 3.05) is 26.7 Å². The van der Waals surface area contributed by atoms with Crippen LogP contribution in [0.2, 0.25) is 0 Å². The lowest BCUT2D eigenvalue weighted by molar-refractivity contribution is 0.0579. The summed E-state index contributed by atoms with van der Waals surface area (Å²) >= 11 is 0. The number of ether oxygens (including phenoxy) is 1. The number of nitrogens with two attached hydrogens (primary N) is 1. The van der Waals surface area contributed by atoms with Crippen molar-refractivity contribution >= 4 is 0 Å². The molecule has 0 rings (SSSR count). The molecule has 3 nitrogen and oxygen atoms in total. The van der Waals surface area contributed by atoms with Crippen molar-refractivity contribution in [2.45, 2.75) is 39.3 Å². The van der Waals surface area contributed by atoms with Gasteiger partial charge in [-0.25, -0.2) is 0 Å². The molecule has 0 heterocycles. The van der Waals surface area contributed by atoms with E-state index in [1.54, 1.807) is 7.11 Å². The van der Waals surface area contributed by atoms with Crippen LogP contribution in [0, 0.1) is 0 Å². The minimum absolute atomic E-state index is 0.175. The van der Waals surface area contributed by atoms with E-state index in [0.717, 1.165) is 13.1 Å². The topological polar surface area (TPSA) is 38.5 Å². The standard InChI is InChI=1S/C10H24N2O/c1-5-9(3)12(6-2)8-10(7-11)13-4/h9-10H,5-8,11H2,1-4H3. The zero-order valence-electron chi connectivity index (χ0n) is 9.42. The van der Waals surface area contributed by atoms with Crippen molar-refractivity contribution in [1.82, 2.24) is 4.90 Å². The van der Waals surface area contributed by atoms with Gasteiger partial charge in [0.15, 0.2) is 0 Å². The zero-order valence-corrected chi connectivity index (χ0v) is 9.42. The molecule has 2 atom stereocenters. The van der Waals surface area contributed by atoms with Crippen LogP contribution < -0.4 is 5.73 Å². The molecule has 0 aliphatic carbocycles. The van der Waals surface area contributed by atoms with Gasteiger partial charge in [-0.2, -0.15) is 0 Å². The van der Waals surface area contributed by atoms with E-state index in [-0.39, 0.29) is 6.10 Å². The lowest BCUT2D eigenvalue weighted by atomic mass is 10.2. The summed E-state index contributed by atoms with van der Waals surface area (Å²) in [5.74, 6) is 0. The first-order valence-corrected chi connectivity index (χ1v) is 5.16. The Balaban J connectivity index is 3.94. The average Bonchev–Trinajstić information content (AvgIpc) is 2.19. The maximum Gasteiger partial charge on any atom is 0.0820 e. The number of hydrogen-bond acceptors (Lipinski definition) is 3. The van der Waals surface area contributed by atoms with Crippen molar-refractivity contribution in [2.24, 2.45) is 5.73 Å². The number of likely N-dealkylation sites (N-methyl/N-ethyl adjacent to an activating group) is 1. The summed E-state index contributed by atoms with van der Waals surface area (Å²) in [6.07, 6.45) is 1.35. The Bertz CT molecular complexity index is 115. The Morgan fingerprint density at radius 3 is 2.31 bits per heavy atom. The predicted molar refractivity (Wildman–Crippen MR) is 56.9 cm³/mol. The molecule has 13 heavy (non-hydrogen) atoms. The van der Waals surface area contributed by atoms with Gasteiger partial charge in [0, 0.05) is 26.2 Å². The number of methoxy groups -OCH3 is 1. The van der Waals surface area contributed by atoms with Gasteiger partial charge >= 0.3 is 0 Å². The van der Waals surface area contributed by atoms with Gasteiger partial charge in [-0.15, -0.1) is 0 Å². The quantitative estimate of drug-likeness (QED) is 0.650. The van der Waals surface area contributed by atoms with Gasteiger partial charge in [0.25, 0.3) is 0 Å². The molecule has 0 aromatic rings. The van der Waals surface area contributed by atoms with Crippen LogP contribution in [0.1, 0.15) is 27.2 Å². The van der Waals surface area contributed by atoms with E-state index < -0.39 is 0 Å². The third kappa shape index (κ3) is 4.60. The highest BCUT2D eigenvalue weighted by Gasteiger charge is 2.14. The number of nitrogens with zero attached hydrogens (tertiary/aromatic N) is 1. The fourth-order valence-electron chi connectivity index (χ4n) is 1.39. The Labute approximate surface area is 82.2 Å². The van der Waals surface area contributed by atoms with Gasteiger partial charge in [0.1, 0.15) is 0 Å². The first-order chi connectivity index (χ1) is 6.19. The van der Waals surface area contributed by atoms with E-state index >= 15 is 0 Å². The molecule has 0 amide bonds. The Morgan fingerprint density at radius 1 is 1.38 bits per heavy atom. The number of rotatable bonds is 7. The molecule has 3 heteroatoms. The number of hydrogen-bond donors (Lipinski definition) is 1. The van der Waals surface area contributed by atoms with Gasteiger partial charge in [-0.05, 0) is 19.9 Å². The van der Waals surface area contributed by atoms with Crippen molar-refractivity contribution < 1.29 is 4.74 Å². The molecule has 0 radical (unpaired) electrons. The lowest BCUT2D eigenvalue weighted by Gasteiger charge is -2.29. The van der Waals surface area contributed by atoms with Crippen LogP contribution in [0.3, 0.4) is 0 Å². The van der Waals surface area contributed by atoms with Crippen LogP contribution in [-0.2, 0) is 4.74 Å². The third-order valence-electron chi connectivity index (χ3n) is 2.65. The van der Waals surface area contributed by atoms with Crippen molar-refractivity contribution in [3.63, 3.8) is 0 Å². The van der Waals surface area contributed by atoms with Gasteiger partial charge in [-0.3, -0.25) is 4.90 Å². The third-order valence-corrected chi connectivity index (χ3v) is 2.65. The van der Waals surface area contributed by atoms with Crippen LogP contribution in [0.4, 0.5) is 0 Å². The largest absolute Gasteiger partial charge is 0.379 e. The molecule has 0 aromatic carbocycles. The Morgan fingerprint density at radius 2 is 2.00 bits per heavy atom. The van der Waals surface area contributed by atoms with Gasteiger partial charge in [-0.1, -0.05) is 13.8 Å². The van der Waals surface area contributed by atoms with Crippen molar-refractivity contribution in [1.29, 1.82) is 0 Å². The van der Waals surface area contributed by atoms with E-state index in [2.05, 4.69) is 25.7 Å². The predicted octanol–water partition coefficient (Wildman–Crippen LogP) is 1.08. The average molecular weight is 188 g/mol. The molecule has 2 N–H and O–H groups in total. The summed E-state index contributed by atoms with van der Waals surface area (Å²) in [6.45, 7) is 9.23. The maximum atomic E-state index is 5.58. The summed E-state index contributed by atoms with van der Waals surface area (Å²) in [4.78, 5) is 2.40. The van der Waals surface area contributed by atoms with E-state index in [4.69, 9.17) is 10.5 Å². The molecule has 0 saturated carbocycles. The summed E-state index contributed by atoms with van der Waals surface area (Å²) < 4.78 is 5.26. The van der Waals surface area contributed by atoms with E-state index in [1.807, 2.05) is 0 Å². The minimum Gasteiger partial charge on any atom is -0.379 e. The first-order valence-electron chi connectivity index (χ1n) is 5.16. The Hall–Kier alpha value is -0.120. The first kappa shape index (κ1) is 12.9. The molecular formula is C10H24N2O. The zero-order chi connectivity index (χ0) is 10.3. The summed E-state index contributed by atoms with van der Waals surface area (Å²) in [5.41, 5.74) is 5.58. The molecule has 2 unspecified atom stereocenters. The van der Waals surface area contributed by atoms with Crippen LogP contribution in [0.25, 0.3) is 0 Å². The van der Waals surface area contributed by atoms with Gasteiger partial charge in [0.05, 0.1) is 6.10 Å². The highest BCUT2D eigenvalue weighted by molar-refractivity contribution is 4.70. The normalized spacial score (nSPS) is 16.2. The van der Waals surface area contributed by atoms with Crippen molar-refractivity contribution in [3.8, 4) is 0 Å². The fourth-order valence-corrected chi connectivity index (χ4v) is 1.39. The highest BCUT2D eigenvalue weighted by atomic mass is 16.5. The molecule has 80 valence electrons. The summed E-state index contributed by atoms with van der Waals surface area (Å²) in [6, 6.07) is 0.620. The van der Waals surface area contributed by atoms with Crippen LogP contribution in [0.15, 0.2) is 0 Å². The van der Waals surface area contributed by atoms with Crippen LogP contribution >= 0.6 is 0 Å². The summed E-state index contributed by atoms with van der Waals surface area (Å²) in [5, 5.41) is 0. The molecule has 0 aromatic heterocycles. The maximum absolute atomic E-state index is 5.58. The van der Waals surface area contributed by atoms with E-state index in [9.17, 15) is 0 Å². The molecule has 0 saturated heterocycles. The van der Waals surface area contributed by atoms with Crippen LogP contribution in [0.5, 0.6) is 0 Å². The minimum atomic E-state index is 0.175. The molecular weight excluding hydrogens is 164 g/mol. The lowest BCUT2D eigenvalue weighted by Crippen LogP contribution is -2.42. The smallest absolute Gasteiger partial charge is 0.0820 e. The second kappa shape index (κ2) is 7.30. The molecule has 0 bridgehead atoms. The second-order valence-corrected chi connectivity index (χ2v) is 3.44. The second-order valence-electron chi connectivity index (χ2n) is 3.44. The van der Waals surface area contributed by atoms with Crippen molar-refractivity contribution in [3.05, 3.63) is 0 Å². The monoisotopic (exact) mass is 188 g/mol. The molecule has 0 spiro atoms. The van der Waals surface area contributed by atoms with E-state index in [1.165, 1.54) is 6.42 Å². The van der Waals surface area contributed by atoms with Gasteiger partial charge < -0.3 is 10.5 Å². The van der Waals surface area contributed by atoms with E-state index in [0.29, 0.717) is 12.6 Å². The molecule has 0 fully saturated rings. The summed E-state index contributed by atoms with van der Waals surface area (Å²) in [7, 11) is 1.72.